The molecule has 1 aromatic rings. The summed E-state index contributed by atoms with van der Waals surface area (Å²) in [6.07, 6.45) is -2.18. The van der Waals surface area contributed by atoms with E-state index >= 15 is 0 Å². The summed E-state index contributed by atoms with van der Waals surface area (Å²) in [4.78, 5) is 23.7. The number of rotatable bonds is 3. The number of ether oxygens (including phenoxy) is 2. The van der Waals surface area contributed by atoms with Crippen LogP contribution in [0.5, 0.6) is 5.75 Å². The van der Waals surface area contributed by atoms with Crippen LogP contribution in [0.4, 0.5) is 13.2 Å². The Kier molecular flexibility index (Phi) is 3.95. The Morgan fingerprint density at radius 1 is 1.28 bits per heavy atom. The molecule has 0 spiro atoms. The van der Waals surface area contributed by atoms with Crippen LogP contribution in [0, 0.1) is 0 Å². The molecule has 2 aliphatic heterocycles. The van der Waals surface area contributed by atoms with Gasteiger partial charge in [-0.25, -0.2) is 9.89 Å². The van der Waals surface area contributed by atoms with Crippen LogP contribution in [0.2, 0.25) is 0 Å². The molecule has 25 heavy (non-hydrogen) atoms. The van der Waals surface area contributed by atoms with Crippen LogP contribution in [0.3, 0.4) is 0 Å². The number of halogens is 3. The topological polar surface area (TPSA) is 86.2 Å². The van der Waals surface area contributed by atoms with Crippen LogP contribution in [-0.2, 0) is 4.74 Å². The number of nitrogens with zero attached hydrogens (tertiary/aromatic N) is 2. The van der Waals surface area contributed by atoms with Crippen molar-refractivity contribution < 1.29 is 27.4 Å². The van der Waals surface area contributed by atoms with Crippen molar-refractivity contribution in [1.82, 2.24) is 14.8 Å². The van der Waals surface area contributed by atoms with Crippen LogP contribution < -0.4 is 10.3 Å². The van der Waals surface area contributed by atoms with Gasteiger partial charge in [-0.3, -0.25) is 4.79 Å². The van der Waals surface area contributed by atoms with E-state index in [-0.39, 0.29) is 22.5 Å². The predicted octanol–water partition coefficient (Wildman–Crippen LogP) is 2.35. The molecule has 3 rings (SSSR count). The van der Waals surface area contributed by atoms with Crippen LogP contribution in [0.15, 0.2) is 41.5 Å². The molecule has 0 unspecified atom stereocenters. The summed E-state index contributed by atoms with van der Waals surface area (Å²) in [7, 11) is 1.16. The second-order valence-corrected chi connectivity index (χ2v) is 4.93. The lowest BCUT2D eigenvalue weighted by Crippen LogP contribution is -2.17. The summed E-state index contributed by atoms with van der Waals surface area (Å²) in [6, 6.07) is 5.08. The molecule has 2 aliphatic rings. The van der Waals surface area contributed by atoms with Crippen molar-refractivity contribution in [2.75, 3.05) is 7.11 Å². The fourth-order valence-corrected chi connectivity index (χ4v) is 2.29. The van der Waals surface area contributed by atoms with Gasteiger partial charge in [-0.05, 0) is 12.1 Å². The summed E-state index contributed by atoms with van der Waals surface area (Å²) in [5, 5.41) is 5.98. The summed E-state index contributed by atoms with van der Waals surface area (Å²) >= 11 is 0. The molecular formula is C15H10F3N3O4. The Morgan fingerprint density at radius 2 is 2.04 bits per heavy atom. The van der Waals surface area contributed by atoms with Gasteiger partial charge in [0.15, 0.2) is 0 Å². The molecule has 1 N–H and O–H groups in total. The average Bonchev–Trinajstić information content (AvgIpc) is 2.93. The number of H-pyrrole nitrogens is 1. The number of fused-ring (bicyclic) bond motifs is 1. The standard InChI is InChI=1S/C15H10F3N3O4/c1-24-14(23)11-7-21(6-10-12(11)19-20-13(10)22)8-3-2-4-9(5-8)25-15(16,17)18/h2-7H,1H3,(H,20,22). The zero-order valence-corrected chi connectivity index (χ0v) is 12.6. The summed E-state index contributed by atoms with van der Waals surface area (Å²) in [6.45, 7) is 0. The first-order valence-corrected chi connectivity index (χ1v) is 6.83. The molecule has 2 heterocycles. The number of alkyl halides is 3. The minimum Gasteiger partial charge on any atom is -0.465 e. The SMILES string of the molecule is COC(=O)c1cn(-c2cccc(OC(F)(F)F)c2)cc2c(=O)[nH]nc1-2. The van der Waals surface area contributed by atoms with Gasteiger partial charge in [0, 0.05) is 24.1 Å². The first-order valence-electron chi connectivity index (χ1n) is 6.83. The maximum Gasteiger partial charge on any atom is 0.573 e. The molecule has 130 valence electrons. The summed E-state index contributed by atoms with van der Waals surface area (Å²) < 4.78 is 46.9. The molecule has 0 aliphatic carbocycles. The van der Waals surface area contributed by atoms with Crippen LogP contribution in [-0.4, -0.2) is 34.2 Å². The van der Waals surface area contributed by atoms with E-state index in [0.717, 1.165) is 19.2 Å². The fourth-order valence-electron chi connectivity index (χ4n) is 2.29. The third-order valence-corrected chi connectivity index (χ3v) is 3.32. The van der Waals surface area contributed by atoms with Crippen LogP contribution in [0.25, 0.3) is 16.9 Å². The number of carbonyl (C=O) groups excluding carboxylic acids is 1. The van der Waals surface area contributed by atoms with Crippen LogP contribution in [0.1, 0.15) is 10.4 Å². The van der Waals surface area contributed by atoms with Crippen molar-refractivity contribution in [3.05, 3.63) is 52.6 Å². The van der Waals surface area contributed by atoms with Crippen molar-refractivity contribution in [2.24, 2.45) is 0 Å². The van der Waals surface area contributed by atoms with E-state index in [9.17, 15) is 22.8 Å². The molecule has 0 amide bonds. The van der Waals surface area contributed by atoms with Crippen LogP contribution >= 0.6 is 0 Å². The molecule has 0 radical (unpaired) electrons. The molecular weight excluding hydrogens is 343 g/mol. The Balaban J connectivity index is 2.14. The van der Waals surface area contributed by atoms with E-state index in [2.05, 4.69) is 19.7 Å². The number of aromatic amines is 1. The summed E-state index contributed by atoms with van der Waals surface area (Å²) in [5.41, 5.74) is -0.118. The third-order valence-electron chi connectivity index (χ3n) is 3.32. The third kappa shape index (κ3) is 3.32. The van der Waals surface area contributed by atoms with Crippen molar-refractivity contribution in [3.8, 4) is 22.7 Å². The number of aromatic nitrogens is 3. The number of esters is 1. The quantitative estimate of drug-likeness (QED) is 0.731. The van der Waals surface area contributed by atoms with Gasteiger partial charge in [0.1, 0.15) is 17.0 Å². The number of benzene rings is 1. The molecule has 1 aromatic carbocycles. The van der Waals surface area contributed by atoms with E-state index in [4.69, 9.17) is 0 Å². The second kappa shape index (κ2) is 5.96. The largest absolute Gasteiger partial charge is 0.573 e. The maximum atomic E-state index is 12.4. The molecule has 0 fully saturated rings. The van der Waals surface area contributed by atoms with Crippen molar-refractivity contribution in [1.29, 1.82) is 0 Å². The van der Waals surface area contributed by atoms with Gasteiger partial charge in [0.25, 0.3) is 5.56 Å². The number of carbonyl (C=O) groups is 1. The highest BCUT2D eigenvalue weighted by Crippen LogP contribution is 2.27. The van der Waals surface area contributed by atoms with Gasteiger partial charge >= 0.3 is 12.3 Å². The van der Waals surface area contributed by atoms with Crippen molar-refractivity contribution in [2.45, 2.75) is 6.36 Å². The highest BCUT2D eigenvalue weighted by molar-refractivity contribution is 5.96. The molecule has 7 nitrogen and oxygen atoms in total. The lowest BCUT2D eigenvalue weighted by Gasteiger charge is -2.14. The maximum absolute atomic E-state index is 12.4. The van der Waals surface area contributed by atoms with Gasteiger partial charge in [-0.15, -0.1) is 13.2 Å². The Morgan fingerprint density at radius 3 is 2.72 bits per heavy atom. The second-order valence-electron chi connectivity index (χ2n) is 4.93. The molecule has 0 bridgehead atoms. The van der Waals surface area contributed by atoms with Crippen molar-refractivity contribution >= 4 is 5.97 Å². The first-order chi connectivity index (χ1) is 11.8. The fraction of sp³-hybridized carbons (Fsp3) is 0.133. The van der Waals surface area contributed by atoms with Gasteiger partial charge in [0.2, 0.25) is 0 Å². The molecule has 0 saturated carbocycles. The lowest BCUT2D eigenvalue weighted by atomic mass is 10.1. The van der Waals surface area contributed by atoms with E-state index in [1.54, 1.807) is 0 Å². The average molecular weight is 353 g/mol. The minimum atomic E-state index is -4.84. The monoisotopic (exact) mass is 353 g/mol. The van der Waals surface area contributed by atoms with Crippen molar-refractivity contribution in [3.63, 3.8) is 0 Å². The van der Waals surface area contributed by atoms with E-state index < -0.39 is 23.6 Å². The number of hydrogen-bond donors (Lipinski definition) is 1. The summed E-state index contributed by atoms with van der Waals surface area (Å²) in [5.74, 6) is -1.18. The number of nitrogens with one attached hydrogen (secondary N) is 1. The minimum absolute atomic E-state index is 0.0134. The lowest BCUT2D eigenvalue weighted by molar-refractivity contribution is -0.274. The van der Waals surface area contributed by atoms with Gasteiger partial charge in [0.05, 0.1) is 12.7 Å². The van der Waals surface area contributed by atoms with E-state index in [1.807, 2.05) is 0 Å². The van der Waals surface area contributed by atoms with E-state index in [0.29, 0.717) is 0 Å². The zero-order valence-electron chi connectivity index (χ0n) is 12.6. The Labute approximate surface area is 137 Å². The normalized spacial score (nSPS) is 11.5. The number of hydrogen-bond acceptors (Lipinski definition) is 5. The first kappa shape index (κ1) is 16.6. The highest BCUT2D eigenvalue weighted by atomic mass is 19.4. The Bertz CT molecular complexity index is 961. The number of pyridine rings is 1. The van der Waals surface area contributed by atoms with Gasteiger partial charge < -0.3 is 14.0 Å². The smallest absolute Gasteiger partial charge is 0.465 e. The molecule has 0 saturated heterocycles. The van der Waals surface area contributed by atoms with E-state index in [1.165, 1.54) is 29.1 Å². The van der Waals surface area contributed by atoms with Gasteiger partial charge in [-0.1, -0.05) is 6.07 Å². The predicted molar refractivity (Wildman–Crippen MR) is 78.8 cm³/mol. The molecule has 10 heteroatoms. The molecule has 0 atom stereocenters. The molecule has 0 aromatic heterocycles. The Hall–Kier alpha value is -3.30. The highest BCUT2D eigenvalue weighted by Gasteiger charge is 2.31. The number of methoxy groups -OCH3 is 1. The van der Waals surface area contributed by atoms with Gasteiger partial charge in [-0.2, -0.15) is 5.10 Å². The zero-order chi connectivity index (χ0) is 18.2.